The lowest BCUT2D eigenvalue weighted by molar-refractivity contribution is 0.193. The van der Waals surface area contributed by atoms with Crippen molar-refractivity contribution in [1.82, 2.24) is 9.55 Å². The Balaban J connectivity index is 1.58. The van der Waals surface area contributed by atoms with Gasteiger partial charge in [-0.2, -0.15) is 0 Å². The summed E-state index contributed by atoms with van der Waals surface area (Å²) in [5.41, 5.74) is 7.53. The fraction of sp³-hybridized carbons (Fsp3) is 0.400. The van der Waals surface area contributed by atoms with E-state index in [0.717, 1.165) is 30.8 Å². The summed E-state index contributed by atoms with van der Waals surface area (Å²) >= 11 is 0. The molecule has 1 aromatic carbocycles. The maximum absolute atomic E-state index is 6.26. The number of nitrogens with two attached hydrogens (primary N) is 1. The Morgan fingerprint density at radius 2 is 2.32 bits per heavy atom. The highest BCUT2D eigenvalue weighted by Crippen LogP contribution is 2.29. The van der Waals surface area contributed by atoms with E-state index < -0.39 is 0 Å². The Labute approximate surface area is 113 Å². The molecule has 3 rings (SSSR count). The second-order valence-electron chi connectivity index (χ2n) is 5.13. The number of ether oxygens (including phenoxy) is 1. The first-order valence-corrected chi connectivity index (χ1v) is 6.70. The zero-order valence-electron chi connectivity index (χ0n) is 11.1. The summed E-state index contributed by atoms with van der Waals surface area (Å²) in [6.07, 6.45) is 6.58. The summed E-state index contributed by atoms with van der Waals surface area (Å²) in [6, 6.07) is 8.22. The van der Waals surface area contributed by atoms with Crippen molar-refractivity contribution < 1.29 is 4.74 Å². The van der Waals surface area contributed by atoms with Crippen molar-refractivity contribution in [3.05, 3.63) is 48.0 Å². The molecule has 100 valence electrons. The van der Waals surface area contributed by atoms with E-state index in [1.165, 1.54) is 5.56 Å². The summed E-state index contributed by atoms with van der Waals surface area (Å²) < 4.78 is 7.96. The van der Waals surface area contributed by atoms with Gasteiger partial charge in [0, 0.05) is 38.3 Å². The van der Waals surface area contributed by atoms with Crippen LogP contribution in [0.1, 0.15) is 17.8 Å². The topological polar surface area (TPSA) is 53.1 Å². The van der Waals surface area contributed by atoms with Gasteiger partial charge in [0.15, 0.2) is 0 Å². The summed E-state index contributed by atoms with van der Waals surface area (Å²) in [6.45, 7) is 0. The summed E-state index contributed by atoms with van der Waals surface area (Å²) in [5, 5.41) is 0. The molecule has 2 unspecified atom stereocenters. The van der Waals surface area contributed by atoms with Gasteiger partial charge in [-0.25, -0.2) is 4.98 Å². The number of fused-ring (bicyclic) bond motifs is 1. The molecule has 4 nitrogen and oxygen atoms in total. The lowest BCUT2D eigenvalue weighted by Crippen LogP contribution is -2.38. The van der Waals surface area contributed by atoms with Gasteiger partial charge in [-0.1, -0.05) is 18.2 Å². The van der Waals surface area contributed by atoms with Crippen molar-refractivity contribution >= 4 is 0 Å². The highest BCUT2D eigenvalue weighted by atomic mass is 16.5. The van der Waals surface area contributed by atoms with Gasteiger partial charge in [0.25, 0.3) is 0 Å². The zero-order chi connectivity index (χ0) is 13.2. The molecule has 19 heavy (non-hydrogen) atoms. The standard InChI is InChI=1S/C15H19N3O/c1-18-9-8-17-15(18)7-6-12(16)14-10-11-4-2-3-5-13(11)19-14/h2-5,8-9,12,14H,6-7,10,16H2,1H3. The first-order valence-electron chi connectivity index (χ1n) is 6.70. The van der Waals surface area contributed by atoms with E-state index in [0.29, 0.717) is 0 Å². The Hall–Kier alpha value is -1.81. The van der Waals surface area contributed by atoms with Gasteiger partial charge < -0.3 is 15.0 Å². The van der Waals surface area contributed by atoms with E-state index in [4.69, 9.17) is 10.5 Å². The number of nitrogens with zero attached hydrogens (tertiary/aromatic N) is 2. The van der Waals surface area contributed by atoms with Gasteiger partial charge in [0.05, 0.1) is 0 Å². The number of imidazole rings is 1. The van der Waals surface area contributed by atoms with Crippen LogP contribution in [0.25, 0.3) is 0 Å². The van der Waals surface area contributed by atoms with E-state index in [1.807, 2.05) is 42.2 Å². The lowest BCUT2D eigenvalue weighted by Gasteiger charge is -2.18. The number of aromatic nitrogens is 2. The fourth-order valence-electron chi connectivity index (χ4n) is 2.57. The molecular weight excluding hydrogens is 238 g/mol. The molecule has 0 amide bonds. The Morgan fingerprint density at radius 3 is 3.05 bits per heavy atom. The maximum Gasteiger partial charge on any atom is 0.123 e. The zero-order valence-corrected chi connectivity index (χ0v) is 11.1. The molecule has 2 N–H and O–H groups in total. The minimum Gasteiger partial charge on any atom is -0.488 e. The van der Waals surface area contributed by atoms with Gasteiger partial charge in [0.1, 0.15) is 17.7 Å². The van der Waals surface area contributed by atoms with E-state index in [-0.39, 0.29) is 12.1 Å². The molecule has 0 spiro atoms. The fourth-order valence-corrected chi connectivity index (χ4v) is 2.57. The number of aryl methyl sites for hydroxylation is 2. The monoisotopic (exact) mass is 257 g/mol. The molecule has 4 heteroatoms. The minimum atomic E-state index is 0.0455. The SMILES string of the molecule is Cn1ccnc1CCC(N)C1Cc2ccccc2O1. The third-order valence-electron chi connectivity index (χ3n) is 3.77. The van der Waals surface area contributed by atoms with Crippen LogP contribution >= 0.6 is 0 Å². The van der Waals surface area contributed by atoms with Crippen molar-refractivity contribution in [3.8, 4) is 5.75 Å². The van der Waals surface area contributed by atoms with Crippen LogP contribution in [0.3, 0.4) is 0 Å². The predicted octanol–water partition coefficient (Wildman–Crippen LogP) is 1.68. The molecule has 0 fully saturated rings. The molecular formula is C15H19N3O. The van der Waals surface area contributed by atoms with Crippen LogP contribution in [-0.2, 0) is 19.9 Å². The highest BCUT2D eigenvalue weighted by Gasteiger charge is 2.27. The Morgan fingerprint density at radius 1 is 1.47 bits per heavy atom. The van der Waals surface area contributed by atoms with Gasteiger partial charge in [-0.05, 0) is 18.1 Å². The smallest absolute Gasteiger partial charge is 0.123 e. The first-order chi connectivity index (χ1) is 9.24. The molecule has 2 atom stereocenters. The van der Waals surface area contributed by atoms with Crippen molar-refractivity contribution in [2.75, 3.05) is 0 Å². The molecule has 2 heterocycles. The average molecular weight is 257 g/mol. The summed E-state index contributed by atoms with van der Waals surface area (Å²) in [5.74, 6) is 2.06. The first kappa shape index (κ1) is 12.2. The number of benzene rings is 1. The van der Waals surface area contributed by atoms with Crippen LogP contribution in [0.15, 0.2) is 36.7 Å². The number of para-hydroxylation sites is 1. The van der Waals surface area contributed by atoms with Gasteiger partial charge in [0.2, 0.25) is 0 Å². The Bertz CT molecular complexity index is 539. The number of hydrogen-bond donors (Lipinski definition) is 1. The predicted molar refractivity (Wildman–Crippen MR) is 74.1 cm³/mol. The van der Waals surface area contributed by atoms with Crippen molar-refractivity contribution in [2.24, 2.45) is 12.8 Å². The molecule has 0 bridgehead atoms. The van der Waals surface area contributed by atoms with Gasteiger partial charge >= 0.3 is 0 Å². The van der Waals surface area contributed by atoms with E-state index in [1.54, 1.807) is 0 Å². The van der Waals surface area contributed by atoms with E-state index in [2.05, 4.69) is 11.1 Å². The summed E-state index contributed by atoms with van der Waals surface area (Å²) in [7, 11) is 2.01. The second-order valence-corrected chi connectivity index (χ2v) is 5.13. The summed E-state index contributed by atoms with van der Waals surface area (Å²) in [4.78, 5) is 4.32. The molecule has 0 saturated heterocycles. The highest BCUT2D eigenvalue weighted by molar-refractivity contribution is 5.37. The van der Waals surface area contributed by atoms with Crippen LogP contribution in [0, 0.1) is 0 Å². The quantitative estimate of drug-likeness (QED) is 0.906. The largest absolute Gasteiger partial charge is 0.488 e. The average Bonchev–Trinajstić information content (AvgIpc) is 3.01. The second kappa shape index (κ2) is 5.05. The van der Waals surface area contributed by atoms with Crippen molar-refractivity contribution in [1.29, 1.82) is 0 Å². The molecule has 0 radical (unpaired) electrons. The van der Waals surface area contributed by atoms with Crippen LogP contribution in [-0.4, -0.2) is 21.7 Å². The molecule has 0 saturated carbocycles. The molecule has 1 aliphatic heterocycles. The van der Waals surface area contributed by atoms with Crippen LogP contribution < -0.4 is 10.5 Å². The van der Waals surface area contributed by atoms with Crippen LogP contribution in [0.4, 0.5) is 0 Å². The van der Waals surface area contributed by atoms with E-state index >= 15 is 0 Å². The third kappa shape index (κ3) is 2.49. The lowest BCUT2D eigenvalue weighted by atomic mass is 10.0. The number of hydrogen-bond acceptors (Lipinski definition) is 3. The minimum absolute atomic E-state index is 0.0455. The third-order valence-corrected chi connectivity index (χ3v) is 3.77. The maximum atomic E-state index is 6.26. The molecule has 2 aromatic rings. The molecule has 1 aromatic heterocycles. The van der Waals surface area contributed by atoms with Gasteiger partial charge in [-0.3, -0.25) is 0 Å². The van der Waals surface area contributed by atoms with Crippen LogP contribution in [0.2, 0.25) is 0 Å². The van der Waals surface area contributed by atoms with E-state index in [9.17, 15) is 0 Å². The normalized spacial score (nSPS) is 18.9. The van der Waals surface area contributed by atoms with Crippen molar-refractivity contribution in [2.45, 2.75) is 31.4 Å². The number of rotatable bonds is 4. The van der Waals surface area contributed by atoms with Crippen LogP contribution in [0.5, 0.6) is 5.75 Å². The molecule has 0 aliphatic carbocycles. The van der Waals surface area contributed by atoms with Crippen molar-refractivity contribution in [3.63, 3.8) is 0 Å². The molecule has 1 aliphatic rings. The Kier molecular flexibility index (Phi) is 3.25. The van der Waals surface area contributed by atoms with Gasteiger partial charge in [-0.15, -0.1) is 0 Å².